The van der Waals surface area contributed by atoms with E-state index in [2.05, 4.69) is 15.5 Å². The molecule has 2 aromatic rings. The molecule has 1 aromatic carbocycles. The zero-order valence-electron chi connectivity index (χ0n) is 9.33. The van der Waals surface area contributed by atoms with Crippen LogP contribution in [-0.4, -0.2) is 16.1 Å². The van der Waals surface area contributed by atoms with Gasteiger partial charge in [-0.25, -0.2) is 4.39 Å². The lowest BCUT2D eigenvalue weighted by Crippen LogP contribution is -2.14. The van der Waals surface area contributed by atoms with Crippen LogP contribution in [0.15, 0.2) is 18.2 Å². The fourth-order valence-corrected chi connectivity index (χ4v) is 2.03. The topological polar surface area (TPSA) is 54.9 Å². The molecule has 2 rings (SSSR count). The molecule has 1 N–H and O–H groups in total. The predicted octanol–water partition coefficient (Wildman–Crippen LogP) is 3.60. The van der Waals surface area contributed by atoms with Crippen molar-refractivity contribution < 1.29 is 22.4 Å². The molecule has 0 saturated heterocycles. The van der Waals surface area contributed by atoms with E-state index in [0.29, 0.717) is 12.1 Å². The number of halogens is 5. The van der Waals surface area contributed by atoms with Gasteiger partial charge in [-0.2, -0.15) is 13.2 Å². The van der Waals surface area contributed by atoms with Gasteiger partial charge < -0.3 is 5.32 Å². The van der Waals surface area contributed by atoms with E-state index in [0.717, 1.165) is 17.4 Å². The van der Waals surface area contributed by atoms with E-state index in [1.165, 1.54) is 0 Å². The van der Waals surface area contributed by atoms with Gasteiger partial charge in [0.2, 0.25) is 9.47 Å². The van der Waals surface area contributed by atoms with Crippen molar-refractivity contribution in [3.8, 4) is 0 Å². The van der Waals surface area contributed by atoms with Crippen LogP contribution in [0.1, 0.15) is 15.4 Å². The van der Waals surface area contributed by atoms with Crippen molar-refractivity contribution in [2.45, 2.75) is 6.18 Å². The molecule has 0 aliphatic heterocycles. The lowest BCUT2D eigenvalue weighted by atomic mass is 10.2. The third-order valence-electron chi connectivity index (χ3n) is 2.12. The lowest BCUT2D eigenvalue weighted by molar-refractivity contribution is -0.139. The summed E-state index contributed by atoms with van der Waals surface area (Å²) in [5, 5.41) is 8.85. The van der Waals surface area contributed by atoms with Crippen molar-refractivity contribution in [1.82, 2.24) is 10.2 Å². The van der Waals surface area contributed by atoms with E-state index >= 15 is 0 Å². The minimum atomic E-state index is -4.85. The summed E-state index contributed by atoms with van der Waals surface area (Å²) in [6, 6.07) is 2.12. The Morgan fingerprint density at radius 3 is 2.55 bits per heavy atom. The Kier molecular flexibility index (Phi) is 3.91. The zero-order chi connectivity index (χ0) is 14.9. The number of hydrogen-bond donors (Lipinski definition) is 1. The summed E-state index contributed by atoms with van der Waals surface area (Å²) < 4.78 is 50.6. The quantitative estimate of drug-likeness (QED) is 0.858. The molecular formula is C10H4ClF4N3OS. The van der Waals surface area contributed by atoms with E-state index in [1.807, 2.05) is 0 Å². The second kappa shape index (κ2) is 5.33. The smallest absolute Gasteiger partial charge is 0.320 e. The number of carbonyl (C=O) groups is 1. The molecule has 106 valence electrons. The Bertz CT molecular complexity index is 658. The third kappa shape index (κ3) is 3.23. The summed E-state index contributed by atoms with van der Waals surface area (Å²) in [7, 11) is 0. The number of hydrogen-bond acceptors (Lipinski definition) is 4. The summed E-state index contributed by atoms with van der Waals surface area (Å²) in [5.74, 6) is -2.21. The number of aromatic nitrogens is 2. The molecule has 0 fully saturated rings. The summed E-state index contributed by atoms with van der Waals surface area (Å²) in [6.45, 7) is 0. The van der Waals surface area contributed by atoms with Gasteiger partial charge in [0.05, 0.1) is 5.56 Å². The molecule has 0 aliphatic rings. The summed E-state index contributed by atoms with van der Waals surface area (Å²) >= 11 is 6.24. The van der Waals surface area contributed by atoms with Gasteiger partial charge in [0.15, 0.2) is 0 Å². The van der Waals surface area contributed by atoms with Crippen LogP contribution in [0, 0.1) is 5.82 Å². The Hall–Kier alpha value is -1.74. The van der Waals surface area contributed by atoms with Crippen LogP contribution in [0.25, 0.3) is 0 Å². The molecular weight excluding hydrogens is 322 g/mol. The number of nitrogens with one attached hydrogen (secondary N) is 1. The van der Waals surface area contributed by atoms with E-state index < -0.39 is 23.5 Å². The minimum absolute atomic E-state index is 0.0187. The Balaban J connectivity index is 2.24. The van der Waals surface area contributed by atoms with Gasteiger partial charge in [-0.3, -0.25) is 4.79 Å². The first-order valence-electron chi connectivity index (χ1n) is 4.94. The molecule has 20 heavy (non-hydrogen) atoms. The van der Waals surface area contributed by atoms with Gasteiger partial charge in [0.25, 0.3) is 5.91 Å². The zero-order valence-corrected chi connectivity index (χ0v) is 10.9. The second-order valence-electron chi connectivity index (χ2n) is 3.51. The molecule has 1 heterocycles. The van der Waals surface area contributed by atoms with Crippen molar-refractivity contribution >= 4 is 34.5 Å². The van der Waals surface area contributed by atoms with Gasteiger partial charge in [-0.05, 0) is 29.8 Å². The fraction of sp³-hybridized carbons (Fsp3) is 0.100. The molecule has 0 bridgehead atoms. The van der Waals surface area contributed by atoms with Crippen molar-refractivity contribution in [2.24, 2.45) is 0 Å². The maximum absolute atomic E-state index is 13.1. The molecule has 0 saturated carbocycles. The van der Waals surface area contributed by atoms with Gasteiger partial charge in [-0.15, -0.1) is 10.2 Å². The average molecular weight is 326 g/mol. The van der Waals surface area contributed by atoms with Crippen molar-refractivity contribution in [1.29, 1.82) is 0 Å². The highest BCUT2D eigenvalue weighted by Crippen LogP contribution is 2.33. The van der Waals surface area contributed by atoms with E-state index in [4.69, 9.17) is 11.6 Å². The number of benzene rings is 1. The summed E-state index contributed by atoms with van der Waals surface area (Å²) in [5.41, 5.74) is -1.68. The molecule has 0 spiro atoms. The minimum Gasteiger partial charge on any atom is -0.320 e. The maximum atomic E-state index is 13.1. The van der Waals surface area contributed by atoms with E-state index in [1.54, 1.807) is 0 Å². The standard InChI is InChI=1S/C10H4ClF4N3OS/c11-9-18-17-8(20-9)7(19)16-4-1-2-6(12)5(3-4)10(13,14)15/h1-3H,(H,16,19). The van der Waals surface area contributed by atoms with Crippen LogP contribution in [-0.2, 0) is 6.18 Å². The van der Waals surface area contributed by atoms with Crippen molar-refractivity contribution in [3.63, 3.8) is 0 Å². The number of nitrogens with zero attached hydrogens (tertiary/aromatic N) is 2. The molecule has 0 aliphatic carbocycles. The Labute approximate surface area is 118 Å². The van der Waals surface area contributed by atoms with Crippen LogP contribution in [0.5, 0.6) is 0 Å². The molecule has 0 atom stereocenters. The SMILES string of the molecule is O=C(Nc1ccc(F)c(C(F)(F)F)c1)c1nnc(Cl)s1. The largest absolute Gasteiger partial charge is 0.419 e. The average Bonchev–Trinajstić information content (AvgIpc) is 2.77. The summed E-state index contributed by atoms with van der Waals surface area (Å²) in [6.07, 6.45) is -4.85. The number of anilines is 1. The Morgan fingerprint density at radius 1 is 1.30 bits per heavy atom. The third-order valence-corrected chi connectivity index (χ3v) is 3.14. The highest BCUT2D eigenvalue weighted by molar-refractivity contribution is 7.17. The first-order chi connectivity index (χ1) is 9.27. The number of alkyl halides is 3. The van der Waals surface area contributed by atoms with Gasteiger partial charge in [0.1, 0.15) is 5.82 Å². The first kappa shape index (κ1) is 14.7. The normalized spacial score (nSPS) is 11.4. The monoisotopic (exact) mass is 325 g/mol. The predicted molar refractivity (Wildman–Crippen MR) is 64.3 cm³/mol. The highest BCUT2D eigenvalue weighted by atomic mass is 35.5. The van der Waals surface area contributed by atoms with Gasteiger partial charge >= 0.3 is 6.18 Å². The van der Waals surface area contributed by atoms with Crippen molar-refractivity contribution in [2.75, 3.05) is 5.32 Å². The van der Waals surface area contributed by atoms with Crippen LogP contribution in [0.4, 0.5) is 23.2 Å². The van der Waals surface area contributed by atoms with Gasteiger partial charge in [-0.1, -0.05) is 11.3 Å². The number of rotatable bonds is 2. The molecule has 4 nitrogen and oxygen atoms in total. The van der Waals surface area contributed by atoms with Gasteiger partial charge in [0, 0.05) is 5.69 Å². The first-order valence-corrected chi connectivity index (χ1v) is 6.14. The second-order valence-corrected chi connectivity index (χ2v) is 5.07. The molecule has 1 amide bonds. The number of amides is 1. The van der Waals surface area contributed by atoms with Crippen LogP contribution < -0.4 is 5.32 Å². The van der Waals surface area contributed by atoms with E-state index in [-0.39, 0.29) is 15.2 Å². The number of carbonyl (C=O) groups excluding carboxylic acids is 1. The van der Waals surface area contributed by atoms with E-state index in [9.17, 15) is 22.4 Å². The molecule has 0 radical (unpaired) electrons. The summed E-state index contributed by atoms with van der Waals surface area (Å²) in [4.78, 5) is 11.6. The van der Waals surface area contributed by atoms with Crippen LogP contribution in [0.3, 0.4) is 0 Å². The molecule has 1 aromatic heterocycles. The lowest BCUT2D eigenvalue weighted by Gasteiger charge is -2.10. The van der Waals surface area contributed by atoms with Crippen LogP contribution in [0.2, 0.25) is 4.47 Å². The van der Waals surface area contributed by atoms with Crippen LogP contribution >= 0.6 is 22.9 Å². The molecule has 10 heteroatoms. The Morgan fingerprint density at radius 2 is 2.00 bits per heavy atom. The fourth-order valence-electron chi connectivity index (χ4n) is 1.30. The van der Waals surface area contributed by atoms with Crippen molar-refractivity contribution in [3.05, 3.63) is 39.1 Å². The molecule has 0 unspecified atom stereocenters. The maximum Gasteiger partial charge on any atom is 0.419 e. The highest BCUT2D eigenvalue weighted by Gasteiger charge is 2.34.